The van der Waals surface area contributed by atoms with Crippen molar-refractivity contribution in [2.24, 2.45) is 0 Å². The maximum Gasteiger partial charge on any atom is 0.305 e. The van der Waals surface area contributed by atoms with Crippen LogP contribution in [0.25, 0.3) is 0 Å². The molecule has 0 aliphatic carbocycles. The third-order valence-electron chi connectivity index (χ3n) is 3.40. The molecule has 0 bridgehead atoms. The van der Waals surface area contributed by atoms with Crippen LogP contribution in [-0.2, 0) is 29.1 Å². The van der Waals surface area contributed by atoms with Crippen LogP contribution < -0.4 is 4.72 Å². The zero-order valence-corrected chi connectivity index (χ0v) is 17.3. The smallest absolute Gasteiger partial charge is 0.305 e. The number of hydrogen-bond acceptors (Lipinski definition) is 6. The number of anilines is 1. The van der Waals surface area contributed by atoms with Gasteiger partial charge in [-0.1, -0.05) is 29.8 Å². The predicted molar refractivity (Wildman–Crippen MR) is 102 cm³/mol. The highest BCUT2D eigenvalue weighted by Crippen LogP contribution is 2.34. The summed E-state index contributed by atoms with van der Waals surface area (Å²) in [5.74, 6) is -1.31. The molecule has 9 heteroatoms. The van der Waals surface area contributed by atoms with E-state index in [4.69, 9.17) is 9.47 Å². The molecule has 1 N–H and O–H groups in total. The summed E-state index contributed by atoms with van der Waals surface area (Å²) in [5, 5.41) is 0. The number of halogens is 1. The number of carbonyl (C=O) groups excluding carboxylic acids is 2. The SMILES string of the molecule is CC(=O)OC(OC(C)=O)c1cccc(NS(=O)(=O)c2ccc(C)cc2)c1Br. The molecule has 27 heavy (non-hydrogen) atoms. The van der Waals surface area contributed by atoms with Gasteiger partial charge in [0, 0.05) is 19.4 Å². The Hall–Kier alpha value is -2.39. The summed E-state index contributed by atoms with van der Waals surface area (Å²) in [6.45, 7) is 4.21. The third kappa shape index (κ3) is 5.54. The van der Waals surface area contributed by atoms with Crippen molar-refractivity contribution in [3.8, 4) is 0 Å². The van der Waals surface area contributed by atoms with E-state index >= 15 is 0 Å². The van der Waals surface area contributed by atoms with Crippen LogP contribution in [0.4, 0.5) is 5.69 Å². The topological polar surface area (TPSA) is 98.8 Å². The minimum Gasteiger partial charge on any atom is -0.421 e. The van der Waals surface area contributed by atoms with Crippen LogP contribution >= 0.6 is 15.9 Å². The molecule has 0 heterocycles. The van der Waals surface area contributed by atoms with Gasteiger partial charge in [-0.05, 0) is 41.1 Å². The van der Waals surface area contributed by atoms with Gasteiger partial charge in [0.05, 0.1) is 15.1 Å². The molecular formula is C18H18BrNO6S. The first-order valence-electron chi connectivity index (χ1n) is 7.82. The number of nitrogens with one attached hydrogen (secondary N) is 1. The van der Waals surface area contributed by atoms with E-state index in [0.717, 1.165) is 5.56 Å². The van der Waals surface area contributed by atoms with E-state index in [1.54, 1.807) is 24.3 Å². The fourth-order valence-corrected chi connectivity index (χ4v) is 3.94. The average molecular weight is 456 g/mol. The lowest BCUT2D eigenvalue weighted by atomic mass is 10.2. The van der Waals surface area contributed by atoms with E-state index in [1.807, 2.05) is 6.92 Å². The summed E-state index contributed by atoms with van der Waals surface area (Å²) in [6, 6.07) is 11.0. The minimum atomic E-state index is -3.84. The highest BCUT2D eigenvalue weighted by atomic mass is 79.9. The van der Waals surface area contributed by atoms with Crippen molar-refractivity contribution >= 4 is 43.6 Å². The first-order chi connectivity index (χ1) is 12.6. The van der Waals surface area contributed by atoms with E-state index in [-0.39, 0.29) is 20.6 Å². The fourth-order valence-electron chi connectivity index (χ4n) is 2.18. The summed E-state index contributed by atoms with van der Waals surface area (Å²) in [6.07, 6.45) is -1.31. The van der Waals surface area contributed by atoms with Gasteiger partial charge < -0.3 is 9.47 Å². The molecule has 0 atom stereocenters. The lowest BCUT2D eigenvalue weighted by Gasteiger charge is -2.20. The largest absolute Gasteiger partial charge is 0.421 e. The molecule has 0 amide bonds. The maximum atomic E-state index is 12.6. The number of sulfonamides is 1. The van der Waals surface area contributed by atoms with E-state index in [2.05, 4.69) is 20.7 Å². The highest BCUT2D eigenvalue weighted by Gasteiger charge is 2.24. The number of ether oxygens (including phenoxy) is 2. The molecule has 0 saturated carbocycles. The van der Waals surface area contributed by atoms with Crippen molar-refractivity contribution in [3.63, 3.8) is 0 Å². The van der Waals surface area contributed by atoms with Crippen molar-refractivity contribution in [1.29, 1.82) is 0 Å². The van der Waals surface area contributed by atoms with E-state index in [0.29, 0.717) is 0 Å². The van der Waals surface area contributed by atoms with Crippen LogP contribution in [0.3, 0.4) is 0 Å². The molecular weight excluding hydrogens is 438 g/mol. The minimum absolute atomic E-state index is 0.0990. The lowest BCUT2D eigenvalue weighted by Crippen LogP contribution is -2.17. The Kier molecular flexibility index (Phi) is 6.61. The molecule has 0 aliphatic rings. The number of benzene rings is 2. The second-order valence-corrected chi connectivity index (χ2v) is 8.15. The molecule has 2 rings (SSSR count). The normalized spacial score (nSPS) is 11.1. The Morgan fingerprint density at radius 3 is 2.07 bits per heavy atom. The van der Waals surface area contributed by atoms with Gasteiger partial charge in [-0.25, -0.2) is 8.42 Å². The van der Waals surface area contributed by atoms with Gasteiger partial charge in [0.25, 0.3) is 16.3 Å². The summed E-state index contributed by atoms with van der Waals surface area (Å²) in [5.41, 5.74) is 1.42. The van der Waals surface area contributed by atoms with Crippen molar-refractivity contribution in [3.05, 3.63) is 58.1 Å². The van der Waals surface area contributed by atoms with Crippen LogP contribution in [-0.4, -0.2) is 20.4 Å². The molecule has 144 valence electrons. The summed E-state index contributed by atoms with van der Waals surface area (Å²) in [4.78, 5) is 22.7. The van der Waals surface area contributed by atoms with E-state index < -0.39 is 28.3 Å². The molecule has 2 aromatic rings. The molecule has 0 aromatic heterocycles. The highest BCUT2D eigenvalue weighted by molar-refractivity contribution is 9.10. The van der Waals surface area contributed by atoms with Gasteiger partial charge >= 0.3 is 11.9 Å². The second kappa shape index (κ2) is 8.53. The number of carbonyl (C=O) groups is 2. The summed E-state index contributed by atoms with van der Waals surface area (Å²) < 4.78 is 38.0. The molecule has 0 aliphatic heterocycles. The van der Waals surface area contributed by atoms with Gasteiger partial charge in [0.15, 0.2) is 0 Å². The van der Waals surface area contributed by atoms with Crippen LogP contribution in [0.1, 0.15) is 31.3 Å². The Morgan fingerprint density at radius 1 is 1.00 bits per heavy atom. The first kappa shape index (κ1) is 20.9. The molecule has 7 nitrogen and oxygen atoms in total. The van der Waals surface area contributed by atoms with E-state index in [1.165, 1.54) is 32.0 Å². The Morgan fingerprint density at radius 2 is 1.56 bits per heavy atom. The zero-order chi connectivity index (χ0) is 20.2. The van der Waals surface area contributed by atoms with Crippen molar-refractivity contribution in [2.75, 3.05) is 4.72 Å². The quantitative estimate of drug-likeness (QED) is 0.526. The molecule has 0 radical (unpaired) electrons. The van der Waals surface area contributed by atoms with Crippen LogP contribution in [0, 0.1) is 6.92 Å². The maximum absolute atomic E-state index is 12.6. The summed E-state index contributed by atoms with van der Waals surface area (Å²) in [7, 11) is -3.84. The number of esters is 2. The van der Waals surface area contributed by atoms with Gasteiger partial charge in [0.1, 0.15) is 0 Å². The molecule has 0 spiro atoms. The molecule has 0 fully saturated rings. The molecule has 0 unspecified atom stereocenters. The first-order valence-corrected chi connectivity index (χ1v) is 10.1. The average Bonchev–Trinajstić information content (AvgIpc) is 2.55. The monoisotopic (exact) mass is 455 g/mol. The molecule has 2 aromatic carbocycles. The standard InChI is InChI=1S/C18H18BrNO6S/c1-11-7-9-14(10-8-11)27(23,24)20-16-6-4-5-15(17(16)19)18(25-12(2)21)26-13(3)22/h4-10,18,20H,1-3H3. The number of hydrogen-bond donors (Lipinski definition) is 1. The van der Waals surface area contributed by atoms with Crippen molar-refractivity contribution < 1.29 is 27.5 Å². The number of aryl methyl sites for hydroxylation is 1. The third-order valence-corrected chi connectivity index (χ3v) is 5.67. The fraction of sp³-hybridized carbons (Fsp3) is 0.222. The van der Waals surface area contributed by atoms with Gasteiger partial charge in [-0.15, -0.1) is 0 Å². The van der Waals surface area contributed by atoms with Gasteiger partial charge in [-0.2, -0.15) is 0 Å². The van der Waals surface area contributed by atoms with Crippen LogP contribution in [0.5, 0.6) is 0 Å². The zero-order valence-electron chi connectivity index (χ0n) is 14.9. The van der Waals surface area contributed by atoms with Crippen LogP contribution in [0.2, 0.25) is 0 Å². The van der Waals surface area contributed by atoms with Crippen LogP contribution in [0.15, 0.2) is 51.8 Å². The predicted octanol–water partition coefficient (Wildman–Crippen LogP) is 3.68. The van der Waals surface area contributed by atoms with Crippen molar-refractivity contribution in [1.82, 2.24) is 0 Å². The van der Waals surface area contributed by atoms with Gasteiger partial charge in [-0.3, -0.25) is 14.3 Å². The second-order valence-electron chi connectivity index (χ2n) is 5.68. The summed E-state index contributed by atoms with van der Waals surface area (Å²) >= 11 is 3.29. The van der Waals surface area contributed by atoms with E-state index in [9.17, 15) is 18.0 Å². The Bertz CT molecular complexity index is 940. The molecule has 0 saturated heterocycles. The van der Waals surface area contributed by atoms with Crippen molar-refractivity contribution in [2.45, 2.75) is 32.0 Å². The number of rotatable bonds is 6. The Labute approximate surface area is 165 Å². The Balaban J connectivity index is 2.39. The lowest BCUT2D eigenvalue weighted by molar-refractivity contribution is -0.186. The van der Waals surface area contributed by atoms with Gasteiger partial charge in [0.2, 0.25) is 0 Å².